The number of hydrogen-bond acceptors (Lipinski definition) is 2. The third-order valence-corrected chi connectivity index (χ3v) is 7.13. The van der Waals surface area contributed by atoms with E-state index in [9.17, 15) is 9.59 Å². The molecule has 138 valence electrons. The number of rotatable bonds is 5. The summed E-state index contributed by atoms with van der Waals surface area (Å²) in [4.78, 5) is 27.3. The summed E-state index contributed by atoms with van der Waals surface area (Å²) in [5.41, 5.74) is 1.83. The van der Waals surface area contributed by atoms with Gasteiger partial charge in [-0.25, -0.2) is 4.79 Å². The summed E-state index contributed by atoms with van der Waals surface area (Å²) in [6, 6.07) is 7.50. The molecular weight excluding hydrogens is 326 g/mol. The van der Waals surface area contributed by atoms with Gasteiger partial charge in [0.15, 0.2) is 0 Å². The van der Waals surface area contributed by atoms with E-state index in [1.807, 2.05) is 24.3 Å². The Bertz CT molecular complexity index is 859. The molecule has 5 heteroatoms. The number of H-pyrrole nitrogens is 1. The highest BCUT2D eigenvalue weighted by atomic mass is 16.2. The fourth-order valence-electron chi connectivity index (χ4n) is 6.53. The number of aromatic amines is 1. The molecule has 0 spiro atoms. The molecule has 6 rings (SSSR count). The first kappa shape index (κ1) is 16.2. The molecule has 4 aliphatic carbocycles. The van der Waals surface area contributed by atoms with Crippen LogP contribution in [0, 0.1) is 23.2 Å². The number of aromatic nitrogens is 2. The number of amides is 1. The van der Waals surface area contributed by atoms with Crippen molar-refractivity contribution in [1.82, 2.24) is 14.9 Å². The largest absolute Gasteiger partial charge is 0.355 e. The minimum absolute atomic E-state index is 0.0680. The van der Waals surface area contributed by atoms with Crippen LogP contribution >= 0.6 is 0 Å². The first-order chi connectivity index (χ1) is 12.6. The fraction of sp³-hybridized carbons (Fsp3) is 0.619. The average molecular weight is 353 g/mol. The van der Waals surface area contributed by atoms with E-state index < -0.39 is 0 Å². The van der Waals surface area contributed by atoms with E-state index >= 15 is 0 Å². The molecule has 0 aliphatic heterocycles. The van der Waals surface area contributed by atoms with Gasteiger partial charge in [0.2, 0.25) is 5.91 Å². The average Bonchev–Trinajstić information content (AvgIpc) is 2.89. The molecule has 4 bridgehead atoms. The zero-order valence-electron chi connectivity index (χ0n) is 15.2. The van der Waals surface area contributed by atoms with Gasteiger partial charge in [-0.3, -0.25) is 9.36 Å². The van der Waals surface area contributed by atoms with Crippen LogP contribution in [-0.2, 0) is 11.3 Å². The molecule has 1 amide bonds. The molecule has 0 radical (unpaired) electrons. The number of nitrogens with one attached hydrogen (secondary N) is 2. The van der Waals surface area contributed by atoms with Gasteiger partial charge in [0, 0.05) is 6.54 Å². The summed E-state index contributed by atoms with van der Waals surface area (Å²) in [6.07, 6.45) is 9.58. The van der Waals surface area contributed by atoms with Crippen LogP contribution in [0.3, 0.4) is 0 Å². The predicted molar refractivity (Wildman–Crippen MR) is 101 cm³/mol. The molecule has 0 saturated heterocycles. The summed E-state index contributed by atoms with van der Waals surface area (Å²) in [6.45, 7) is 0.825. The molecule has 2 N–H and O–H groups in total. The lowest BCUT2D eigenvalue weighted by Crippen LogP contribution is -2.47. The van der Waals surface area contributed by atoms with Crippen molar-refractivity contribution in [3.05, 3.63) is 34.7 Å². The van der Waals surface area contributed by atoms with Gasteiger partial charge < -0.3 is 10.3 Å². The van der Waals surface area contributed by atoms with Crippen molar-refractivity contribution in [2.75, 3.05) is 6.54 Å². The van der Waals surface area contributed by atoms with Crippen LogP contribution in [0.4, 0.5) is 0 Å². The van der Waals surface area contributed by atoms with Crippen LogP contribution in [0.15, 0.2) is 29.1 Å². The molecule has 1 aromatic carbocycles. The number of hydrogen-bond donors (Lipinski definition) is 2. The second-order valence-electron chi connectivity index (χ2n) is 9.05. The fourth-order valence-corrected chi connectivity index (χ4v) is 6.53. The zero-order chi connectivity index (χ0) is 17.7. The topological polar surface area (TPSA) is 66.9 Å². The molecule has 0 atom stereocenters. The van der Waals surface area contributed by atoms with E-state index in [1.165, 1.54) is 43.1 Å². The Labute approximate surface area is 153 Å². The maximum atomic E-state index is 12.4. The van der Waals surface area contributed by atoms with E-state index in [4.69, 9.17) is 0 Å². The molecule has 5 nitrogen and oxygen atoms in total. The summed E-state index contributed by atoms with van der Waals surface area (Å²) in [5, 5.41) is 3.08. The molecule has 1 heterocycles. The van der Waals surface area contributed by atoms with E-state index in [1.54, 1.807) is 0 Å². The Hall–Kier alpha value is -2.04. The minimum atomic E-state index is -0.220. The van der Waals surface area contributed by atoms with Crippen molar-refractivity contribution in [1.29, 1.82) is 0 Å². The van der Waals surface area contributed by atoms with Crippen LogP contribution in [0.1, 0.15) is 44.9 Å². The minimum Gasteiger partial charge on any atom is -0.355 e. The lowest BCUT2D eigenvalue weighted by molar-refractivity contribution is -0.122. The lowest BCUT2D eigenvalue weighted by Gasteiger charge is -2.57. The van der Waals surface area contributed by atoms with Gasteiger partial charge in [-0.15, -0.1) is 0 Å². The maximum Gasteiger partial charge on any atom is 0.326 e. The van der Waals surface area contributed by atoms with Crippen LogP contribution < -0.4 is 11.0 Å². The highest BCUT2D eigenvalue weighted by Crippen LogP contribution is 2.61. The van der Waals surface area contributed by atoms with E-state index in [-0.39, 0.29) is 18.1 Å². The van der Waals surface area contributed by atoms with Gasteiger partial charge in [-0.2, -0.15) is 0 Å². The zero-order valence-corrected chi connectivity index (χ0v) is 15.2. The third kappa shape index (κ3) is 2.78. The van der Waals surface area contributed by atoms with Gasteiger partial charge in [-0.1, -0.05) is 12.1 Å². The molecule has 4 saturated carbocycles. The number of carbonyl (C=O) groups excluding carboxylic acids is 1. The number of carbonyl (C=O) groups is 1. The van der Waals surface area contributed by atoms with E-state index in [2.05, 4.69) is 10.3 Å². The van der Waals surface area contributed by atoms with E-state index in [0.29, 0.717) is 5.41 Å². The standard InChI is InChI=1S/C21H27N3O2/c25-19(13-24-18-4-2-1-3-17(18)23-20(24)26)22-6-5-21-10-14-7-15(11-21)9-16(8-14)12-21/h1-4,14-16H,5-13H2,(H,22,25)(H,23,26). The van der Waals surface area contributed by atoms with Gasteiger partial charge in [-0.05, 0) is 80.2 Å². The van der Waals surface area contributed by atoms with Crippen molar-refractivity contribution >= 4 is 16.9 Å². The lowest BCUT2D eigenvalue weighted by atomic mass is 9.49. The number of imidazole rings is 1. The summed E-state index contributed by atoms with van der Waals surface area (Å²) in [7, 11) is 0. The van der Waals surface area contributed by atoms with Crippen LogP contribution in [0.2, 0.25) is 0 Å². The molecule has 0 unspecified atom stereocenters. The van der Waals surface area contributed by atoms with Crippen molar-refractivity contribution in [3.8, 4) is 0 Å². The van der Waals surface area contributed by atoms with Crippen LogP contribution in [0.5, 0.6) is 0 Å². The number of nitrogens with zero attached hydrogens (tertiary/aromatic N) is 1. The maximum absolute atomic E-state index is 12.4. The monoisotopic (exact) mass is 353 g/mol. The highest BCUT2D eigenvalue weighted by Gasteiger charge is 2.50. The van der Waals surface area contributed by atoms with Gasteiger partial charge in [0.25, 0.3) is 0 Å². The number of benzene rings is 1. The van der Waals surface area contributed by atoms with E-state index in [0.717, 1.165) is 41.8 Å². The summed E-state index contributed by atoms with van der Waals surface area (Å²) >= 11 is 0. The van der Waals surface area contributed by atoms with Crippen LogP contribution in [0.25, 0.3) is 11.0 Å². The van der Waals surface area contributed by atoms with Gasteiger partial charge in [0.1, 0.15) is 6.54 Å². The molecule has 1 aromatic heterocycles. The Morgan fingerprint density at radius 1 is 1.12 bits per heavy atom. The summed E-state index contributed by atoms with van der Waals surface area (Å²) < 4.78 is 1.52. The van der Waals surface area contributed by atoms with Gasteiger partial charge in [0.05, 0.1) is 11.0 Å². The van der Waals surface area contributed by atoms with Crippen molar-refractivity contribution in [2.24, 2.45) is 23.2 Å². The Morgan fingerprint density at radius 2 is 1.77 bits per heavy atom. The quantitative estimate of drug-likeness (QED) is 0.867. The number of para-hydroxylation sites is 2. The Kier molecular flexibility index (Phi) is 3.73. The summed E-state index contributed by atoms with van der Waals surface area (Å²) in [5.74, 6) is 2.77. The third-order valence-electron chi connectivity index (χ3n) is 7.13. The second-order valence-corrected chi connectivity index (χ2v) is 9.05. The van der Waals surface area contributed by atoms with Crippen molar-refractivity contribution in [2.45, 2.75) is 51.5 Å². The second kappa shape index (κ2) is 6.00. The highest BCUT2D eigenvalue weighted by molar-refractivity contribution is 5.80. The Balaban J connectivity index is 1.20. The molecule has 2 aromatic rings. The van der Waals surface area contributed by atoms with Gasteiger partial charge >= 0.3 is 5.69 Å². The first-order valence-electron chi connectivity index (χ1n) is 10.0. The Morgan fingerprint density at radius 3 is 2.46 bits per heavy atom. The molecule has 4 aliphatic rings. The first-order valence-corrected chi connectivity index (χ1v) is 10.0. The van der Waals surface area contributed by atoms with Crippen molar-refractivity contribution < 1.29 is 4.79 Å². The normalized spacial score (nSPS) is 32.2. The predicted octanol–water partition coefficient (Wildman–Crippen LogP) is 3.05. The molecule has 4 fully saturated rings. The van der Waals surface area contributed by atoms with Crippen LogP contribution in [-0.4, -0.2) is 22.0 Å². The SMILES string of the molecule is O=C(Cn1c(=O)[nH]c2ccccc21)NCCC12CC3CC(CC(C3)C1)C2. The van der Waals surface area contributed by atoms with Crippen molar-refractivity contribution in [3.63, 3.8) is 0 Å². The molecular formula is C21H27N3O2. The molecule has 26 heavy (non-hydrogen) atoms. The smallest absolute Gasteiger partial charge is 0.326 e. The number of fused-ring (bicyclic) bond motifs is 1.